The number of pyridine rings is 1. The van der Waals surface area contributed by atoms with E-state index in [9.17, 15) is 18.9 Å². The van der Waals surface area contributed by atoms with Crippen LogP contribution in [0.15, 0.2) is 6.07 Å². The van der Waals surface area contributed by atoms with Crippen LogP contribution in [0.25, 0.3) is 0 Å². The van der Waals surface area contributed by atoms with E-state index < -0.39 is 35.0 Å². The van der Waals surface area contributed by atoms with Gasteiger partial charge in [0.05, 0.1) is 17.2 Å². The first-order valence-corrected chi connectivity index (χ1v) is 3.80. The second-order valence-corrected chi connectivity index (χ2v) is 2.65. The number of nitro groups is 1. The standard InChI is InChI=1S/C7H7F2N3O3/c8-6(9)4-1-3(2-13)11-7(10)5(4)12(14)15/h1,6,13H,2H2,(H2,10,11). The summed E-state index contributed by atoms with van der Waals surface area (Å²) >= 11 is 0. The zero-order valence-electron chi connectivity index (χ0n) is 7.35. The van der Waals surface area contributed by atoms with Crippen LogP contribution >= 0.6 is 0 Å². The van der Waals surface area contributed by atoms with Crippen molar-refractivity contribution in [2.45, 2.75) is 13.0 Å². The number of hydrogen-bond donors (Lipinski definition) is 2. The van der Waals surface area contributed by atoms with E-state index in [0.29, 0.717) is 0 Å². The molecule has 6 nitrogen and oxygen atoms in total. The molecule has 1 aromatic rings. The third-order valence-electron chi connectivity index (χ3n) is 1.68. The molecule has 0 bridgehead atoms. The van der Waals surface area contributed by atoms with E-state index in [-0.39, 0.29) is 5.69 Å². The predicted octanol–water partition coefficient (Wildman–Crippen LogP) is 1.00. The van der Waals surface area contributed by atoms with Gasteiger partial charge in [0.25, 0.3) is 6.43 Å². The maximum Gasteiger partial charge on any atom is 0.320 e. The third-order valence-corrected chi connectivity index (χ3v) is 1.68. The first-order chi connectivity index (χ1) is 6.97. The second-order valence-electron chi connectivity index (χ2n) is 2.65. The molecule has 0 aliphatic rings. The lowest BCUT2D eigenvalue weighted by atomic mass is 10.2. The first kappa shape index (κ1) is 11.2. The van der Waals surface area contributed by atoms with E-state index in [1.54, 1.807) is 0 Å². The summed E-state index contributed by atoms with van der Waals surface area (Å²) in [6.07, 6.45) is -3.04. The summed E-state index contributed by atoms with van der Waals surface area (Å²) in [5, 5.41) is 19.1. The summed E-state index contributed by atoms with van der Waals surface area (Å²) in [5.41, 5.74) is 3.26. The molecular formula is C7H7F2N3O3. The van der Waals surface area contributed by atoms with Crippen molar-refractivity contribution in [3.8, 4) is 0 Å². The number of aliphatic hydroxyl groups is 1. The summed E-state index contributed by atoms with van der Waals surface area (Å²) in [7, 11) is 0. The molecule has 0 aliphatic carbocycles. The molecule has 0 aromatic carbocycles. The van der Waals surface area contributed by atoms with E-state index >= 15 is 0 Å². The zero-order valence-corrected chi connectivity index (χ0v) is 7.35. The quantitative estimate of drug-likeness (QED) is 0.583. The van der Waals surface area contributed by atoms with Crippen molar-refractivity contribution in [2.24, 2.45) is 0 Å². The van der Waals surface area contributed by atoms with Gasteiger partial charge in [0.2, 0.25) is 5.82 Å². The first-order valence-electron chi connectivity index (χ1n) is 3.80. The Morgan fingerprint density at radius 3 is 2.67 bits per heavy atom. The minimum Gasteiger partial charge on any atom is -0.390 e. The summed E-state index contributed by atoms with van der Waals surface area (Å²) in [5.74, 6) is -0.623. The molecule has 0 amide bonds. The number of nitrogens with zero attached hydrogens (tertiary/aromatic N) is 2. The van der Waals surface area contributed by atoms with Gasteiger partial charge in [-0.2, -0.15) is 0 Å². The van der Waals surface area contributed by atoms with Crippen molar-refractivity contribution in [1.29, 1.82) is 0 Å². The van der Waals surface area contributed by atoms with Crippen LogP contribution in [0, 0.1) is 10.1 Å². The molecule has 1 heterocycles. The number of aromatic nitrogens is 1. The maximum atomic E-state index is 12.4. The summed E-state index contributed by atoms with van der Waals surface area (Å²) < 4.78 is 24.8. The fourth-order valence-electron chi connectivity index (χ4n) is 1.08. The molecule has 3 N–H and O–H groups in total. The molecule has 8 heteroatoms. The van der Waals surface area contributed by atoms with E-state index in [4.69, 9.17) is 10.8 Å². The Morgan fingerprint density at radius 2 is 2.27 bits per heavy atom. The lowest BCUT2D eigenvalue weighted by Crippen LogP contribution is -2.06. The normalized spacial score (nSPS) is 10.7. The van der Waals surface area contributed by atoms with E-state index in [1.165, 1.54) is 0 Å². The highest BCUT2D eigenvalue weighted by Crippen LogP contribution is 2.32. The van der Waals surface area contributed by atoms with Gasteiger partial charge in [-0.1, -0.05) is 0 Å². The lowest BCUT2D eigenvalue weighted by molar-refractivity contribution is -0.385. The SMILES string of the molecule is Nc1nc(CO)cc(C(F)F)c1[N+](=O)[O-]. The van der Waals surface area contributed by atoms with Crippen LogP contribution in [0.2, 0.25) is 0 Å². The fraction of sp³-hybridized carbons (Fsp3) is 0.286. The van der Waals surface area contributed by atoms with E-state index in [0.717, 1.165) is 6.07 Å². The topological polar surface area (TPSA) is 102 Å². The molecule has 0 unspecified atom stereocenters. The highest BCUT2D eigenvalue weighted by atomic mass is 19.3. The van der Waals surface area contributed by atoms with Crippen molar-refractivity contribution in [3.05, 3.63) is 27.4 Å². The molecule has 1 rings (SSSR count). The Hall–Kier alpha value is -1.83. The Balaban J connectivity index is 3.42. The molecule has 0 saturated carbocycles. The molecule has 0 saturated heterocycles. The molecular weight excluding hydrogens is 212 g/mol. The van der Waals surface area contributed by atoms with Gasteiger partial charge >= 0.3 is 5.69 Å². The van der Waals surface area contributed by atoms with Gasteiger partial charge < -0.3 is 10.8 Å². The molecule has 0 spiro atoms. The van der Waals surface area contributed by atoms with Crippen molar-refractivity contribution in [2.75, 3.05) is 5.73 Å². The molecule has 0 atom stereocenters. The van der Waals surface area contributed by atoms with Gasteiger partial charge in [0.15, 0.2) is 0 Å². The van der Waals surface area contributed by atoms with Crippen molar-refractivity contribution < 1.29 is 18.8 Å². The molecule has 0 radical (unpaired) electrons. The van der Waals surface area contributed by atoms with E-state index in [2.05, 4.69) is 4.98 Å². The van der Waals surface area contributed by atoms with Crippen LogP contribution in [0.4, 0.5) is 20.3 Å². The number of nitrogens with two attached hydrogens (primary N) is 1. The van der Waals surface area contributed by atoms with Crippen molar-refractivity contribution in [1.82, 2.24) is 4.98 Å². The van der Waals surface area contributed by atoms with Crippen LogP contribution in [0.3, 0.4) is 0 Å². The van der Waals surface area contributed by atoms with Crippen LogP contribution in [0.5, 0.6) is 0 Å². The smallest absolute Gasteiger partial charge is 0.320 e. The van der Waals surface area contributed by atoms with Crippen LogP contribution in [-0.2, 0) is 6.61 Å². The average Bonchev–Trinajstić information content (AvgIpc) is 2.15. The van der Waals surface area contributed by atoms with Gasteiger partial charge in [0.1, 0.15) is 5.56 Å². The van der Waals surface area contributed by atoms with E-state index in [1.807, 2.05) is 0 Å². The summed E-state index contributed by atoms with van der Waals surface area (Å²) in [6.45, 7) is -0.609. The van der Waals surface area contributed by atoms with Gasteiger partial charge in [-0.15, -0.1) is 0 Å². The van der Waals surface area contributed by atoms with Crippen LogP contribution < -0.4 is 5.73 Å². The Bertz CT molecular complexity index is 397. The van der Waals surface area contributed by atoms with Gasteiger partial charge in [-0.3, -0.25) is 10.1 Å². The number of halogens is 2. The summed E-state index contributed by atoms with van der Waals surface area (Å²) in [6, 6.07) is 0.763. The fourth-order valence-corrected chi connectivity index (χ4v) is 1.08. The number of anilines is 1. The Kier molecular flexibility index (Phi) is 3.10. The van der Waals surface area contributed by atoms with Crippen molar-refractivity contribution in [3.63, 3.8) is 0 Å². The average molecular weight is 219 g/mol. The molecule has 82 valence electrons. The minimum absolute atomic E-state index is 0.131. The van der Waals surface area contributed by atoms with Crippen molar-refractivity contribution >= 4 is 11.5 Å². The van der Waals surface area contributed by atoms with Crippen LogP contribution in [0.1, 0.15) is 17.7 Å². The molecule has 0 aliphatic heterocycles. The minimum atomic E-state index is -3.04. The monoisotopic (exact) mass is 219 g/mol. The number of rotatable bonds is 3. The highest BCUT2D eigenvalue weighted by molar-refractivity contribution is 5.58. The molecule has 1 aromatic heterocycles. The van der Waals surface area contributed by atoms with Gasteiger partial charge in [0, 0.05) is 0 Å². The number of hydrogen-bond acceptors (Lipinski definition) is 5. The zero-order chi connectivity index (χ0) is 11.6. The molecule has 15 heavy (non-hydrogen) atoms. The predicted molar refractivity (Wildman–Crippen MR) is 46.2 cm³/mol. The maximum absolute atomic E-state index is 12.4. The number of nitrogen functional groups attached to an aromatic ring is 1. The number of alkyl halides is 2. The molecule has 0 fully saturated rings. The highest BCUT2D eigenvalue weighted by Gasteiger charge is 2.26. The number of aliphatic hydroxyl groups excluding tert-OH is 1. The summed E-state index contributed by atoms with van der Waals surface area (Å²) in [4.78, 5) is 12.8. The van der Waals surface area contributed by atoms with Crippen LogP contribution in [-0.4, -0.2) is 15.0 Å². The second kappa shape index (κ2) is 4.13. The largest absolute Gasteiger partial charge is 0.390 e. The third kappa shape index (κ3) is 2.15. The Morgan fingerprint density at radius 1 is 1.67 bits per heavy atom. The van der Waals surface area contributed by atoms with Gasteiger partial charge in [-0.05, 0) is 6.07 Å². The van der Waals surface area contributed by atoms with Gasteiger partial charge in [-0.25, -0.2) is 13.8 Å². The Labute approximate surface area is 82.5 Å². The lowest BCUT2D eigenvalue weighted by Gasteiger charge is -2.05.